The summed E-state index contributed by atoms with van der Waals surface area (Å²) < 4.78 is 1.57. The van der Waals surface area contributed by atoms with Crippen molar-refractivity contribution in [2.24, 2.45) is 0 Å². The zero-order valence-electron chi connectivity index (χ0n) is 17.1. The van der Waals surface area contributed by atoms with Gasteiger partial charge >= 0.3 is 0 Å². The molecule has 0 aromatic carbocycles. The standard InChI is InChI=1S/C22H26N6O/c1-22(2,3)19-7-8-20(25-24-19)27-14-4-5-17(27)15-28-21(29)9-6-18(26-28)16-10-12-23-13-11-16/h6-13,17H,4-5,14-15H2,1-3H3. The van der Waals surface area contributed by atoms with Gasteiger partial charge in [-0.3, -0.25) is 9.78 Å². The van der Waals surface area contributed by atoms with Crippen LogP contribution < -0.4 is 10.5 Å². The fraction of sp³-hybridized carbons (Fsp3) is 0.409. The van der Waals surface area contributed by atoms with Gasteiger partial charge in [-0.15, -0.1) is 5.10 Å². The van der Waals surface area contributed by atoms with E-state index in [9.17, 15) is 4.79 Å². The van der Waals surface area contributed by atoms with E-state index in [0.29, 0.717) is 6.54 Å². The van der Waals surface area contributed by atoms with E-state index in [-0.39, 0.29) is 17.0 Å². The highest BCUT2D eigenvalue weighted by Crippen LogP contribution is 2.26. The van der Waals surface area contributed by atoms with Crippen LogP contribution in [0.5, 0.6) is 0 Å². The van der Waals surface area contributed by atoms with Gasteiger partial charge in [-0.2, -0.15) is 10.2 Å². The van der Waals surface area contributed by atoms with Crippen LogP contribution in [0, 0.1) is 0 Å². The molecule has 0 aliphatic carbocycles. The van der Waals surface area contributed by atoms with Gasteiger partial charge in [-0.05, 0) is 43.2 Å². The number of hydrogen-bond acceptors (Lipinski definition) is 6. The van der Waals surface area contributed by atoms with Gasteiger partial charge in [0.25, 0.3) is 5.56 Å². The van der Waals surface area contributed by atoms with E-state index in [1.807, 2.05) is 24.3 Å². The van der Waals surface area contributed by atoms with Crippen LogP contribution in [0.3, 0.4) is 0 Å². The van der Waals surface area contributed by atoms with E-state index >= 15 is 0 Å². The van der Waals surface area contributed by atoms with Gasteiger partial charge in [0.05, 0.1) is 24.0 Å². The first kappa shape index (κ1) is 19.2. The number of nitrogens with zero attached hydrogens (tertiary/aromatic N) is 6. The van der Waals surface area contributed by atoms with Crippen LogP contribution in [0.1, 0.15) is 39.3 Å². The van der Waals surface area contributed by atoms with Crippen molar-refractivity contribution >= 4 is 5.82 Å². The van der Waals surface area contributed by atoms with Crippen LogP contribution >= 0.6 is 0 Å². The molecule has 1 aliphatic rings. The van der Waals surface area contributed by atoms with Gasteiger partial charge in [-0.25, -0.2) is 4.68 Å². The van der Waals surface area contributed by atoms with Crippen molar-refractivity contribution in [2.75, 3.05) is 11.4 Å². The van der Waals surface area contributed by atoms with Gasteiger partial charge in [0.2, 0.25) is 0 Å². The lowest BCUT2D eigenvalue weighted by molar-refractivity contribution is 0.487. The minimum absolute atomic E-state index is 0.0272. The summed E-state index contributed by atoms with van der Waals surface area (Å²) in [6, 6.07) is 11.4. The predicted molar refractivity (Wildman–Crippen MR) is 113 cm³/mol. The fourth-order valence-corrected chi connectivity index (χ4v) is 3.66. The lowest BCUT2D eigenvalue weighted by Gasteiger charge is -2.26. The molecule has 3 aromatic heterocycles. The summed E-state index contributed by atoms with van der Waals surface area (Å²) in [5.41, 5.74) is 2.57. The Morgan fingerprint density at radius 1 is 1.03 bits per heavy atom. The highest BCUT2D eigenvalue weighted by atomic mass is 16.1. The molecule has 7 nitrogen and oxygen atoms in total. The van der Waals surface area contributed by atoms with Gasteiger partial charge in [0, 0.05) is 36.0 Å². The molecule has 150 valence electrons. The summed E-state index contributed by atoms with van der Waals surface area (Å²) in [4.78, 5) is 18.7. The maximum Gasteiger partial charge on any atom is 0.266 e. The third kappa shape index (κ3) is 4.18. The summed E-state index contributed by atoms with van der Waals surface area (Å²) in [7, 11) is 0. The Hall–Kier alpha value is -3.09. The minimum atomic E-state index is -0.0937. The lowest BCUT2D eigenvalue weighted by atomic mass is 9.92. The molecule has 3 aromatic rings. The molecular formula is C22H26N6O. The van der Waals surface area contributed by atoms with Gasteiger partial charge in [0.15, 0.2) is 5.82 Å². The Balaban J connectivity index is 1.57. The highest BCUT2D eigenvalue weighted by Gasteiger charge is 2.27. The van der Waals surface area contributed by atoms with Crippen LogP contribution in [0.15, 0.2) is 53.6 Å². The third-order valence-corrected chi connectivity index (χ3v) is 5.32. The van der Waals surface area contributed by atoms with Crippen molar-refractivity contribution in [1.82, 2.24) is 25.0 Å². The molecule has 1 atom stereocenters. The molecule has 1 aliphatic heterocycles. The van der Waals surface area contributed by atoms with Crippen molar-refractivity contribution in [3.8, 4) is 11.3 Å². The molecule has 0 bridgehead atoms. The monoisotopic (exact) mass is 390 g/mol. The maximum absolute atomic E-state index is 12.4. The first-order valence-corrected chi connectivity index (χ1v) is 10.0. The van der Waals surface area contributed by atoms with Gasteiger partial charge in [0.1, 0.15) is 0 Å². The first-order chi connectivity index (χ1) is 13.9. The lowest BCUT2D eigenvalue weighted by Crippen LogP contribution is -2.37. The topological polar surface area (TPSA) is 76.8 Å². The van der Waals surface area contributed by atoms with Crippen molar-refractivity contribution in [3.63, 3.8) is 0 Å². The SMILES string of the molecule is CC(C)(C)c1ccc(N2CCCC2Cn2nc(-c3ccncc3)ccc2=O)nn1. The molecule has 4 rings (SSSR count). The van der Waals surface area contributed by atoms with Crippen LogP contribution in [0.2, 0.25) is 0 Å². The normalized spacial score (nSPS) is 16.9. The van der Waals surface area contributed by atoms with Gasteiger partial charge in [-0.1, -0.05) is 20.8 Å². The summed E-state index contributed by atoms with van der Waals surface area (Å²) >= 11 is 0. The molecular weight excluding hydrogens is 364 g/mol. The molecule has 1 unspecified atom stereocenters. The number of hydrogen-bond donors (Lipinski definition) is 0. The van der Waals surface area contributed by atoms with Crippen molar-refractivity contribution in [1.29, 1.82) is 0 Å². The van der Waals surface area contributed by atoms with Crippen molar-refractivity contribution in [3.05, 3.63) is 64.8 Å². The Morgan fingerprint density at radius 2 is 1.83 bits per heavy atom. The highest BCUT2D eigenvalue weighted by molar-refractivity contribution is 5.57. The van der Waals surface area contributed by atoms with Crippen molar-refractivity contribution in [2.45, 2.75) is 51.6 Å². The quantitative estimate of drug-likeness (QED) is 0.681. The summed E-state index contributed by atoms with van der Waals surface area (Å²) in [6.07, 6.45) is 5.51. The molecule has 4 heterocycles. The van der Waals surface area contributed by atoms with Crippen LogP contribution in [-0.2, 0) is 12.0 Å². The second kappa shape index (κ2) is 7.73. The van der Waals surface area contributed by atoms with Crippen LogP contribution in [0.4, 0.5) is 5.82 Å². The number of aromatic nitrogens is 5. The van der Waals surface area contributed by atoms with E-state index in [1.54, 1.807) is 29.2 Å². The molecule has 0 radical (unpaired) electrons. The Bertz CT molecular complexity index is 1020. The van der Waals surface area contributed by atoms with Gasteiger partial charge < -0.3 is 4.90 Å². The average molecular weight is 390 g/mol. The zero-order valence-corrected chi connectivity index (χ0v) is 17.1. The molecule has 0 N–H and O–H groups in total. The second-order valence-electron chi connectivity index (χ2n) is 8.49. The average Bonchev–Trinajstić information content (AvgIpc) is 3.18. The van der Waals surface area contributed by atoms with E-state index in [1.165, 1.54) is 0 Å². The molecule has 0 spiro atoms. The molecule has 1 saturated heterocycles. The molecule has 0 amide bonds. The summed E-state index contributed by atoms with van der Waals surface area (Å²) in [5, 5.41) is 13.5. The summed E-state index contributed by atoms with van der Waals surface area (Å²) in [6.45, 7) is 7.82. The largest absolute Gasteiger partial charge is 0.350 e. The number of anilines is 1. The summed E-state index contributed by atoms with van der Waals surface area (Å²) in [5.74, 6) is 0.860. The molecule has 1 fully saturated rings. The van der Waals surface area contributed by atoms with Crippen molar-refractivity contribution < 1.29 is 0 Å². The predicted octanol–water partition coefficient (Wildman–Crippen LogP) is 3.06. The Morgan fingerprint density at radius 3 is 2.52 bits per heavy atom. The molecule has 29 heavy (non-hydrogen) atoms. The Kier molecular flexibility index (Phi) is 5.13. The van der Waals surface area contributed by atoms with E-state index < -0.39 is 0 Å². The number of pyridine rings is 1. The van der Waals surface area contributed by atoms with Crippen LogP contribution in [-0.4, -0.2) is 37.5 Å². The second-order valence-corrected chi connectivity index (χ2v) is 8.49. The minimum Gasteiger partial charge on any atom is -0.350 e. The fourth-order valence-electron chi connectivity index (χ4n) is 3.66. The third-order valence-electron chi connectivity index (χ3n) is 5.32. The smallest absolute Gasteiger partial charge is 0.266 e. The first-order valence-electron chi connectivity index (χ1n) is 10.0. The van der Waals surface area contributed by atoms with E-state index in [4.69, 9.17) is 0 Å². The van der Waals surface area contributed by atoms with E-state index in [0.717, 1.165) is 42.2 Å². The molecule has 0 saturated carbocycles. The Labute approximate surface area is 170 Å². The zero-order chi connectivity index (χ0) is 20.4. The molecule has 7 heteroatoms. The van der Waals surface area contributed by atoms with Crippen LogP contribution in [0.25, 0.3) is 11.3 Å². The number of rotatable bonds is 4. The van der Waals surface area contributed by atoms with E-state index in [2.05, 4.69) is 46.0 Å². The maximum atomic E-state index is 12.4.